The van der Waals surface area contributed by atoms with E-state index in [1.807, 2.05) is 0 Å². The summed E-state index contributed by atoms with van der Waals surface area (Å²) in [6, 6.07) is 1.84. The third kappa shape index (κ3) is 2.07. The third-order valence-electron chi connectivity index (χ3n) is 2.75. The Kier molecular flexibility index (Phi) is 2.73. The van der Waals surface area contributed by atoms with Crippen molar-refractivity contribution in [1.82, 2.24) is 0 Å². The minimum Gasteiger partial charge on any atom is -0.478 e. The van der Waals surface area contributed by atoms with Crippen molar-refractivity contribution in [2.75, 3.05) is 11.9 Å². The Bertz CT molecular complexity index is 469. The molecule has 0 saturated carbocycles. The molecule has 0 spiro atoms. The normalized spacial score (nSPS) is 15.0. The Morgan fingerprint density at radius 3 is 2.65 bits per heavy atom. The van der Waals surface area contributed by atoms with Crippen LogP contribution in [0.25, 0.3) is 0 Å². The predicted octanol–water partition coefficient (Wildman–Crippen LogP) is 2.76. The summed E-state index contributed by atoms with van der Waals surface area (Å²) in [7, 11) is 0. The van der Waals surface area contributed by atoms with Crippen LogP contribution in [0, 0.1) is 0 Å². The lowest BCUT2D eigenvalue weighted by Crippen LogP contribution is -2.20. The molecule has 3 nitrogen and oxygen atoms in total. The zero-order valence-corrected chi connectivity index (χ0v) is 8.77. The van der Waals surface area contributed by atoms with E-state index in [-0.39, 0.29) is 23.2 Å². The van der Waals surface area contributed by atoms with E-state index in [0.717, 1.165) is 12.1 Å². The van der Waals surface area contributed by atoms with Gasteiger partial charge in [-0.1, -0.05) is 0 Å². The van der Waals surface area contributed by atoms with Crippen molar-refractivity contribution in [3.8, 4) is 0 Å². The van der Waals surface area contributed by atoms with Crippen LogP contribution >= 0.6 is 0 Å². The summed E-state index contributed by atoms with van der Waals surface area (Å²) in [5.74, 6) is -1.22. The van der Waals surface area contributed by atoms with Crippen LogP contribution in [0.15, 0.2) is 12.1 Å². The molecule has 0 aliphatic carbocycles. The van der Waals surface area contributed by atoms with Gasteiger partial charge in [0.15, 0.2) is 0 Å². The maximum Gasteiger partial charge on any atom is 0.416 e. The first-order valence-electron chi connectivity index (χ1n) is 5.11. The predicted molar refractivity (Wildman–Crippen MR) is 55.2 cm³/mol. The molecule has 1 heterocycles. The molecule has 0 unspecified atom stereocenters. The lowest BCUT2D eigenvalue weighted by Gasteiger charge is -2.23. The van der Waals surface area contributed by atoms with Gasteiger partial charge < -0.3 is 10.4 Å². The monoisotopic (exact) mass is 245 g/mol. The van der Waals surface area contributed by atoms with Crippen LogP contribution in [-0.4, -0.2) is 17.6 Å². The van der Waals surface area contributed by atoms with E-state index in [1.165, 1.54) is 0 Å². The average Bonchev–Trinajstić information content (AvgIpc) is 2.26. The van der Waals surface area contributed by atoms with Crippen LogP contribution in [0.3, 0.4) is 0 Å². The number of hydrogen-bond acceptors (Lipinski definition) is 2. The number of fused-ring (bicyclic) bond motifs is 1. The van der Waals surface area contributed by atoms with E-state index in [2.05, 4.69) is 5.32 Å². The Hall–Kier alpha value is -1.72. The van der Waals surface area contributed by atoms with Gasteiger partial charge in [-0.05, 0) is 30.5 Å². The SMILES string of the molecule is O=C(O)c1ccc(C(F)(F)F)c2c1NCCC2. The molecule has 1 aliphatic heterocycles. The number of hydrogen-bond donors (Lipinski definition) is 2. The molecule has 17 heavy (non-hydrogen) atoms. The molecule has 0 fully saturated rings. The summed E-state index contributed by atoms with van der Waals surface area (Å²) in [5.41, 5.74) is -0.681. The van der Waals surface area contributed by atoms with Gasteiger partial charge in [-0.15, -0.1) is 0 Å². The van der Waals surface area contributed by atoms with Crippen molar-refractivity contribution < 1.29 is 23.1 Å². The van der Waals surface area contributed by atoms with Crippen molar-refractivity contribution >= 4 is 11.7 Å². The van der Waals surface area contributed by atoms with Gasteiger partial charge in [0.1, 0.15) is 0 Å². The van der Waals surface area contributed by atoms with Crippen molar-refractivity contribution in [3.63, 3.8) is 0 Å². The van der Waals surface area contributed by atoms with Crippen molar-refractivity contribution in [1.29, 1.82) is 0 Å². The van der Waals surface area contributed by atoms with Gasteiger partial charge in [-0.25, -0.2) is 4.79 Å². The summed E-state index contributed by atoms with van der Waals surface area (Å²) in [6.07, 6.45) is -3.63. The highest BCUT2D eigenvalue weighted by Gasteiger charge is 2.36. The number of rotatable bonds is 1. The molecule has 92 valence electrons. The molecule has 0 radical (unpaired) electrons. The van der Waals surface area contributed by atoms with Crippen LogP contribution in [0.2, 0.25) is 0 Å². The van der Waals surface area contributed by atoms with Crippen molar-refractivity contribution in [2.24, 2.45) is 0 Å². The molecule has 1 aliphatic rings. The number of alkyl halides is 3. The van der Waals surface area contributed by atoms with Crippen LogP contribution in [0.5, 0.6) is 0 Å². The molecule has 1 aromatic rings. The molecule has 2 N–H and O–H groups in total. The maximum atomic E-state index is 12.7. The smallest absolute Gasteiger partial charge is 0.416 e. The molecule has 1 aromatic carbocycles. The minimum absolute atomic E-state index is 0.0589. The maximum absolute atomic E-state index is 12.7. The third-order valence-corrected chi connectivity index (χ3v) is 2.75. The Morgan fingerprint density at radius 1 is 1.35 bits per heavy atom. The Balaban J connectivity index is 2.63. The van der Waals surface area contributed by atoms with E-state index in [9.17, 15) is 18.0 Å². The molecule has 2 rings (SSSR count). The quantitative estimate of drug-likeness (QED) is 0.799. The highest BCUT2D eigenvalue weighted by molar-refractivity contribution is 5.95. The number of carboxylic acid groups (broad SMARTS) is 1. The number of carboxylic acids is 1. The van der Waals surface area contributed by atoms with Gasteiger partial charge in [-0.2, -0.15) is 13.2 Å². The zero-order chi connectivity index (χ0) is 12.6. The second-order valence-corrected chi connectivity index (χ2v) is 3.85. The largest absolute Gasteiger partial charge is 0.478 e. The number of benzene rings is 1. The molecule has 6 heteroatoms. The number of halogens is 3. The molecular formula is C11H10F3NO2. The van der Waals surface area contributed by atoms with Gasteiger partial charge in [0.2, 0.25) is 0 Å². The van der Waals surface area contributed by atoms with Crippen molar-refractivity contribution in [2.45, 2.75) is 19.0 Å². The first-order chi connectivity index (χ1) is 7.91. The van der Waals surface area contributed by atoms with E-state index in [4.69, 9.17) is 5.11 Å². The van der Waals surface area contributed by atoms with E-state index >= 15 is 0 Å². The molecule has 0 amide bonds. The first kappa shape index (κ1) is 11.8. The van der Waals surface area contributed by atoms with E-state index in [0.29, 0.717) is 13.0 Å². The number of aromatic carboxylic acids is 1. The van der Waals surface area contributed by atoms with Gasteiger partial charge in [0, 0.05) is 6.54 Å². The highest BCUT2D eigenvalue weighted by Crippen LogP contribution is 2.38. The number of anilines is 1. The summed E-state index contributed by atoms with van der Waals surface area (Å²) >= 11 is 0. The molecule has 0 aromatic heterocycles. The second-order valence-electron chi connectivity index (χ2n) is 3.85. The topological polar surface area (TPSA) is 49.3 Å². The van der Waals surface area contributed by atoms with Gasteiger partial charge >= 0.3 is 12.1 Å². The lowest BCUT2D eigenvalue weighted by atomic mass is 9.94. The van der Waals surface area contributed by atoms with Gasteiger partial charge in [0.05, 0.1) is 16.8 Å². The Labute approximate surface area is 95.3 Å². The first-order valence-corrected chi connectivity index (χ1v) is 5.11. The standard InChI is InChI=1S/C11H10F3NO2/c12-11(13,14)8-4-3-7(10(16)17)9-6(8)2-1-5-15-9/h3-4,15H,1-2,5H2,(H,16,17). The van der Waals surface area contributed by atoms with Crippen LogP contribution < -0.4 is 5.32 Å². The average molecular weight is 245 g/mol. The van der Waals surface area contributed by atoms with Crippen LogP contribution in [-0.2, 0) is 12.6 Å². The molecule has 0 saturated heterocycles. The molecule has 0 bridgehead atoms. The number of nitrogens with one attached hydrogen (secondary N) is 1. The summed E-state index contributed by atoms with van der Waals surface area (Å²) in [4.78, 5) is 10.9. The fraction of sp³-hybridized carbons (Fsp3) is 0.364. The molecule has 0 atom stereocenters. The number of carbonyl (C=O) groups is 1. The molecular weight excluding hydrogens is 235 g/mol. The van der Waals surface area contributed by atoms with E-state index in [1.54, 1.807) is 0 Å². The highest BCUT2D eigenvalue weighted by atomic mass is 19.4. The van der Waals surface area contributed by atoms with Crippen molar-refractivity contribution in [3.05, 3.63) is 28.8 Å². The Morgan fingerprint density at radius 2 is 2.06 bits per heavy atom. The fourth-order valence-corrected chi connectivity index (χ4v) is 2.03. The van der Waals surface area contributed by atoms with Crippen LogP contribution in [0.1, 0.15) is 27.9 Å². The van der Waals surface area contributed by atoms with Gasteiger partial charge in [-0.3, -0.25) is 0 Å². The summed E-state index contributed by atoms with van der Waals surface area (Å²) < 4.78 is 38.2. The second kappa shape index (κ2) is 3.94. The summed E-state index contributed by atoms with van der Waals surface area (Å²) in [5, 5.41) is 11.7. The van der Waals surface area contributed by atoms with Crippen LogP contribution in [0.4, 0.5) is 18.9 Å². The summed E-state index contributed by atoms with van der Waals surface area (Å²) in [6.45, 7) is 0.495. The zero-order valence-electron chi connectivity index (χ0n) is 8.77. The fourth-order valence-electron chi connectivity index (χ4n) is 2.03. The van der Waals surface area contributed by atoms with Gasteiger partial charge in [0.25, 0.3) is 0 Å². The van der Waals surface area contributed by atoms with E-state index < -0.39 is 17.7 Å². The minimum atomic E-state index is -4.44. The lowest BCUT2D eigenvalue weighted by molar-refractivity contribution is -0.138.